The van der Waals surface area contributed by atoms with E-state index in [0.29, 0.717) is 28.7 Å². The van der Waals surface area contributed by atoms with Crippen molar-refractivity contribution in [2.45, 2.75) is 125 Å². The van der Waals surface area contributed by atoms with Gasteiger partial charge in [-0.2, -0.15) is 5.10 Å². The first-order chi connectivity index (χ1) is 37.0. The van der Waals surface area contributed by atoms with Gasteiger partial charge in [0, 0.05) is 12.4 Å². The fraction of sp³-hybridized carbons (Fsp3) is 0.308. The van der Waals surface area contributed by atoms with Crippen LogP contribution in [-0.2, 0) is 41.0 Å². The van der Waals surface area contributed by atoms with Gasteiger partial charge in [0.2, 0.25) is 0 Å². The maximum atomic E-state index is 9.52. The molecule has 0 spiro atoms. The number of anilines is 2. The molecule has 0 atom stereocenters. The second-order valence-electron chi connectivity index (χ2n) is 24.4. The van der Waals surface area contributed by atoms with Gasteiger partial charge in [0.25, 0.3) is 0 Å². The van der Waals surface area contributed by atoms with Gasteiger partial charge in [-0.25, -0.2) is 0 Å². The molecule has 9 aromatic rings. The molecule has 1 aliphatic rings. The SMILES string of the molecule is [2H]c1c([2H])c([2H])c(-c2cc(C(C)(C)C)cc(-c3cc(C(C)(C)C)cc(C(C)(C)C)c3)c2-n2[c](=[Pt])n(-c3cccc(Oc4ccc5c(c4)N(c4cc(C(C)(C)C)ccn4)B(CC(C)C)n4nccc4-5)c3)c3ccccc32)c([2H])c1[2H]. The van der Waals surface area contributed by atoms with E-state index in [1.54, 1.807) is 0 Å². The van der Waals surface area contributed by atoms with Gasteiger partial charge in [-0.05, 0) is 23.0 Å². The monoisotopic (exact) mass is 1160 g/mol. The van der Waals surface area contributed by atoms with Crippen LogP contribution in [0.1, 0.15) is 126 Å². The quantitative estimate of drug-likeness (QED) is 0.135. The maximum absolute atomic E-state index is 9.52. The molecule has 0 saturated heterocycles. The zero-order valence-corrected chi connectivity index (χ0v) is 47.7. The van der Waals surface area contributed by atoms with Crippen molar-refractivity contribution in [3.8, 4) is 56.4 Å². The van der Waals surface area contributed by atoms with Gasteiger partial charge in [0.15, 0.2) is 0 Å². The third-order valence-electron chi connectivity index (χ3n) is 14.3. The Bertz CT molecular complexity index is 3880. The topological polar surface area (TPSA) is 53.0 Å². The normalized spacial score (nSPS) is 14.1. The number of fused-ring (bicyclic) bond motifs is 4. The molecule has 0 radical (unpaired) electrons. The molecule has 9 heteroatoms. The summed E-state index contributed by atoms with van der Waals surface area (Å²) in [6.07, 6.45) is 4.64. The average Bonchev–Trinajstić information content (AvgIpc) is 3.92. The van der Waals surface area contributed by atoms with Crippen molar-refractivity contribution in [3.63, 3.8) is 0 Å². The molecule has 74 heavy (non-hydrogen) atoms. The fourth-order valence-electron chi connectivity index (χ4n) is 10.1. The Balaban J connectivity index is 1.19. The van der Waals surface area contributed by atoms with Crippen LogP contribution in [0.15, 0.2) is 158 Å². The van der Waals surface area contributed by atoms with E-state index in [2.05, 4.69) is 214 Å². The third-order valence-corrected chi connectivity index (χ3v) is 15.3. The number of aromatic nitrogens is 5. The fourth-order valence-corrected chi connectivity index (χ4v) is 11.2. The molecule has 10 rings (SSSR count). The summed E-state index contributed by atoms with van der Waals surface area (Å²) in [7, 11) is 0. The molecule has 3 aromatic heterocycles. The number of nitrogens with zero attached hydrogens (tertiary/aromatic N) is 6. The van der Waals surface area contributed by atoms with Crippen molar-refractivity contribution in [1.82, 2.24) is 23.8 Å². The Hall–Kier alpha value is -6.50. The second kappa shape index (κ2) is 19.0. The molecule has 1 aliphatic heterocycles. The molecule has 4 heterocycles. The van der Waals surface area contributed by atoms with Crippen LogP contribution in [0.5, 0.6) is 11.5 Å². The first-order valence-corrected chi connectivity index (χ1v) is 27.0. The number of pyridine rings is 1. The van der Waals surface area contributed by atoms with Crippen LogP contribution >= 0.6 is 0 Å². The summed E-state index contributed by atoms with van der Waals surface area (Å²) in [5.74, 6) is 2.54. The molecule has 0 fully saturated rings. The molecule has 0 unspecified atom stereocenters. The van der Waals surface area contributed by atoms with Crippen molar-refractivity contribution in [2.24, 2.45) is 5.92 Å². The van der Waals surface area contributed by atoms with Crippen LogP contribution in [0.2, 0.25) is 6.32 Å². The van der Waals surface area contributed by atoms with Gasteiger partial charge < -0.3 is 0 Å². The first kappa shape index (κ1) is 44.9. The molecule has 0 amide bonds. The van der Waals surface area contributed by atoms with E-state index < -0.39 is 6.04 Å². The molecule has 7 nitrogen and oxygen atoms in total. The number of hydrogen-bond donors (Lipinski definition) is 0. The Morgan fingerprint density at radius 2 is 1.19 bits per heavy atom. The van der Waals surface area contributed by atoms with Gasteiger partial charge in [0.1, 0.15) is 0 Å². The minimum absolute atomic E-state index is 0.0845. The van der Waals surface area contributed by atoms with Crippen molar-refractivity contribution in [1.29, 1.82) is 0 Å². The second-order valence-corrected chi connectivity index (χ2v) is 25.5. The van der Waals surface area contributed by atoms with Gasteiger partial charge >= 0.3 is 385 Å². The average molecular weight is 1160 g/mol. The standard InChI is InChI=1S/C65H71BN6O.Pt/c1-43(2)41-66-71(60-38-46(29-31-67-60)62(3,4)5)59-40-52(27-28-53(59)56-30-32-68-72(56)66)73-51-24-20-23-50(39-51)69-42-70(58-26-19-18-25-57(58)69)61-54(44-21-16-15-17-22-44)36-49(65(12,13)14)37-55(61)45-33-47(63(6,7)8)35-48(34-45)64(9,10)11;/h15-40,43H,41H2,1-14H3;/i15D,16D,17D,21D,22D;. The molecule has 0 bridgehead atoms. The Kier molecular flexibility index (Phi) is 11.5. The van der Waals surface area contributed by atoms with Crippen LogP contribution in [0.25, 0.3) is 55.9 Å². The molecular weight excluding hydrogens is 1090 g/mol. The zero-order chi connectivity index (χ0) is 57.0. The Morgan fingerprint density at radius 1 is 0.581 bits per heavy atom. The van der Waals surface area contributed by atoms with Gasteiger partial charge in [-0.3, -0.25) is 0 Å². The summed E-state index contributed by atoms with van der Waals surface area (Å²) < 4.78 is 60.0. The van der Waals surface area contributed by atoms with Crippen molar-refractivity contribution in [2.75, 3.05) is 4.81 Å². The molecule has 0 saturated carbocycles. The van der Waals surface area contributed by atoms with E-state index in [0.717, 1.165) is 66.3 Å². The number of imidazole rings is 1. The van der Waals surface area contributed by atoms with Gasteiger partial charge in [-0.15, -0.1) is 0 Å². The van der Waals surface area contributed by atoms with Gasteiger partial charge in [0.05, 0.1) is 0 Å². The zero-order valence-electron chi connectivity index (χ0n) is 50.4. The van der Waals surface area contributed by atoms with E-state index >= 15 is 0 Å². The number of ether oxygens (including phenoxy) is 1. The number of hydrogen-bond acceptors (Lipinski definition) is 4. The van der Waals surface area contributed by atoms with Crippen molar-refractivity contribution < 1.29 is 30.9 Å². The summed E-state index contributed by atoms with van der Waals surface area (Å²) in [5.41, 5.74) is 12.6. The summed E-state index contributed by atoms with van der Waals surface area (Å²) in [4.78, 5) is 7.33. The number of benzene rings is 6. The van der Waals surface area contributed by atoms with Gasteiger partial charge in [-0.1, -0.05) is 34.6 Å². The van der Waals surface area contributed by atoms with E-state index in [-0.39, 0.29) is 58.4 Å². The van der Waals surface area contributed by atoms with Crippen LogP contribution < -0.4 is 9.55 Å². The minimum atomic E-state index is -0.431. The third kappa shape index (κ3) is 9.71. The molecule has 0 aliphatic carbocycles. The molecular formula is C65H71BN6OPt. The van der Waals surface area contributed by atoms with E-state index in [1.807, 2.05) is 48.8 Å². The number of rotatable bonds is 9. The Morgan fingerprint density at radius 3 is 1.82 bits per heavy atom. The van der Waals surface area contributed by atoms with Crippen LogP contribution in [0.4, 0.5) is 11.5 Å². The van der Waals surface area contributed by atoms with E-state index in [9.17, 15) is 2.74 Å². The van der Waals surface area contributed by atoms with Crippen molar-refractivity contribution >= 4 is 29.5 Å². The van der Waals surface area contributed by atoms with E-state index in [4.69, 9.17) is 18.9 Å². The summed E-state index contributed by atoms with van der Waals surface area (Å²) >= 11 is 2.40. The van der Waals surface area contributed by atoms with Crippen molar-refractivity contribution in [3.05, 3.63) is 184 Å². The summed E-state index contributed by atoms with van der Waals surface area (Å²) in [6, 6.07) is 38.5. The molecule has 6 aromatic carbocycles. The van der Waals surface area contributed by atoms with E-state index in [1.165, 1.54) is 16.7 Å². The summed E-state index contributed by atoms with van der Waals surface area (Å²) in [6.45, 7) is 30.9. The Labute approximate surface area is 457 Å². The summed E-state index contributed by atoms with van der Waals surface area (Å²) in [5, 5.41) is 4.88. The van der Waals surface area contributed by atoms with Crippen LogP contribution in [0, 0.1) is 9.72 Å². The predicted octanol–water partition coefficient (Wildman–Crippen LogP) is 17.2. The molecule has 0 N–H and O–H groups in total. The van der Waals surface area contributed by atoms with Crippen LogP contribution in [0.3, 0.4) is 0 Å². The molecule has 380 valence electrons. The first-order valence-electron chi connectivity index (χ1n) is 28.4. The predicted molar refractivity (Wildman–Crippen MR) is 306 cm³/mol. The van der Waals surface area contributed by atoms with Crippen LogP contribution in [-0.4, -0.2) is 30.8 Å². The number of para-hydroxylation sites is 2.